The maximum absolute atomic E-state index is 13.0. The maximum Gasteiger partial charge on any atom is 0.339 e. The Labute approximate surface area is 168 Å². The van der Waals surface area contributed by atoms with Crippen molar-refractivity contribution in [3.8, 4) is 0 Å². The maximum atomic E-state index is 13.0. The number of carbonyl (C=O) groups is 1. The zero-order valence-electron chi connectivity index (χ0n) is 17.5. The SMILES string of the molecule is CCN(C)/C=N/c1ccc(C(=O)OC(c2ccc(C)cc2)C2CC2)c(C)c1C. The number of benzene rings is 2. The van der Waals surface area contributed by atoms with E-state index in [2.05, 4.69) is 43.1 Å². The van der Waals surface area contributed by atoms with Crippen LogP contribution in [0.1, 0.15) is 58.5 Å². The van der Waals surface area contributed by atoms with Crippen molar-refractivity contribution in [2.24, 2.45) is 10.9 Å². The Bertz CT molecular complexity index is 867. The van der Waals surface area contributed by atoms with Gasteiger partial charge in [0.25, 0.3) is 0 Å². The van der Waals surface area contributed by atoms with Crippen molar-refractivity contribution in [3.63, 3.8) is 0 Å². The van der Waals surface area contributed by atoms with Crippen molar-refractivity contribution in [3.05, 3.63) is 64.2 Å². The number of rotatable bonds is 7. The van der Waals surface area contributed by atoms with Crippen molar-refractivity contribution in [1.29, 1.82) is 0 Å². The molecule has 2 aromatic carbocycles. The highest BCUT2D eigenvalue weighted by molar-refractivity contribution is 5.92. The molecule has 4 heteroatoms. The lowest BCUT2D eigenvalue weighted by Gasteiger charge is -2.19. The second-order valence-corrected chi connectivity index (χ2v) is 7.77. The third-order valence-electron chi connectivity index (χ3n) is 5.56. The molecule has 0 amide bonds. The molecule has 4 nitrogen and oxygen atoms in total. The van der Waals surface area contributed by atoms with E-state index in [0.29, 0.717) is 11.5 Å². The van der Waals surface area contributed by atoms with E-state index >= 15 is 0 Å². The van der Waals surface area contributed by atoms with Gasteiger partial charge >= 0.3 is 5.97 Å². The third kappa shape index (κ3) is 4.61. The molecule has 28 heavy (non-hydrogen) atoms. The van der Waals surface area contributed by atoms with Crippen LogP contribution in [0.5, 0.6) is 0 Å². The van der Waals surface area contributed by atoms with Crippen molar-refractivity contribution < 1.29 is 9.53 Å². The van der Waals surface area contributed by atoms with Gasteiger partial charge in [0, 0.05) is 19.5 Å². The first-order valence-electron chi connectivity index (χ1n) is 10.0. The fourth-order valence-electron chi connectivity index (χ4n) is 3.18. The summed E-state index contributed by atoms with van der Waals surface area (Å²) in [5.74, 6) is 0.181. The second-order valence-electron chi connectivity index (χ2n) is 7.77. The Morgan fingerprint density at radius 2 is 1.82 bits per heavy atom. The van der Waals surface area contributed by atoms with Gasteiger partial charge in [-0.1, -0.05) is 29.8 Å². The van der Waals surface area contributed by atoms with Gasteiger partial charge in [-0.05, 0) is 69.4 Å². The number of nitrogens with zero attached hydrogens (tertiary/aromatic N) is 2. The molecule has 1 aliphatic rings. The predicted molar refractivity (Wildman–Crippen MR) is 114 cm³/mol. The van der Waals surface area contributed by atoms with E-state index in [1.165, 1.54) is 5.56 Å². The van der Waals surface area contributed by atoms with Crippen LogP contribution < -0.4 is 0 Å². The molecule has 0 bridgehead atoms. The molecule has 0 aromatic heterocycles. The Balaban J connectivity index is 1.80. The number of hydrogen-bond acceptors (Lipinski definition) is 3. The summed E-state index contributed by atoms with van der Waals surface area (Å²) < 4.78 is 5.99. The number of ether oxygens (including phenoxy) is 1. The van der Waals surface area contributed by atoms with Gasteiger partial charge in [-0.3, -0.25) is 0 Å². The molecule has 1 fully saturated rings. The van der Waals surface area contributed by atoms with Gasteiger partial charge in [0.2, 0.25) is 0 Å². The van der Waals surface area contributed by atoms with Crippen LogP contribution in [0, 0.1) is 26.7 Å². The molecular weight excluding hydrogens is 348 g/mol. The Hall–Kier alpha value is -2.62. The summed E-state index contributed by atoms with van der Waals surface area (Å²) in [5, 5.41) is 0. The van der Waals surface area contributed by atoms with Crippen LogP contribution in [0.25, 0.3) is 0 Å². The van der Waals surface area contributed by atoms with E-state index in [4.69, 9.17) is 4.74 Å². The van der Waals surface area contributed by atoms with Gasteiger partial charge in [0.1, 0.15) is 6.10 Å². The smallest absolute Gasteiger partial charge is 0.339 e. The zero-order chi connectivity index (χ0) is 20.3. The van der Waals surface area contributed by atoms with E-state index in [1.807, 2.05) is 44.3 Å². The average Bonchev–Trinajstić information content (AvgIpc) is 3.52. The summed E-state index contributed by atoms with van der Waals surface area (Å²) >= 11 is 0. The van der Waals surface area contributed by atoms with Crippen LogP contribution >= 0.6 is 0 Å². The largest absolute Gasteiger partial charge is 0.454 e. The normalized spacial score (nSPS) is 14.9. The van der Waals surface area contributed by atoms with E-state index in [1.54, 1.807) is 0 Å². The van der Waals surface area contributed by atoms with E-state index in [-0.39, 0.29) is 12.1 Å². The zero-order valence-corrected chi connectivity index (χ0v) is 17.5. The summed E-state index contributed by atoms with van der Waals surface area (Å²) in [4.78, 5) is 19.5. The molecular formula is C24H30N2O2. The first-order chi connectivity index (χ1) is 13.4. The fourth-order valence-corrected chi connectivity index (χ4v) is 3.18. The molecule has 0 spiro atoms. The highest BCUT2D eigenvalue weighted by atomic mass is 16.5. The summed E-state index contributed by atoms with van der Waals surface area (Å²) in [5.41, 5.74) is 5.73. The molecule has 0 saturated heterocycles. The number of hydrogen-bond donors (Lipinski definition) is 0. The van der Waals surface area contributed by atoms with Crippen molar-refractivity contribution in [1.82, 2.24) is 4.90 Å². The van der Waals surface area contributed by atoms with Crippen LogP contribution in [0.3, 0.4) is 0 Å². The van der Waals surface area contributed by atoms with Crippen LogP contribution in [0.4, 0.5) is 5.69 Å². The van der Waals surface area contributed by atoms with E-state index < -0.39 is 0 Å². The van der Waals surface area contributed by atoms with Crippen LogP contribution in [0.15, 0.2) is 41.4 Å². The lowest BCUT2D eigenvalue weighted by Crippen LogP contribution is -2.15. The van der Waals surface area contributed by atoms with Crippen LogP contribution in [-0.2, 0) is 4.74 Å². The van der Waals surface area contributed by atoms with Gasteiger partial charge in [0.15, 0.2) is 0 Å². The second kappa shape index (κ2) is 8.59. The van der Waals surface area contributed by atoms with Gasteiger partial charge in [0.05, 0.1) is 17.6 Å². The fraction of sp³-hybridized carbons (Fsp3) is 0.417. The van der Waals surface area contributed by atoms with Crippen molar-refractivity contribution >= 4 is 18.0 Å². The molecule has 1 saturated carbocycles. The molecule has 1 unspecified atom stereocenters. The summed E-state index contributed by atoms with van der Waals surface area (Å²) in [6.45, 7) is 9.01. The van der Waals surface area contributed by atoms with E-state index in [9.17, 15) is 4.79 Å². The molecule has 148 valence electrons. The molecule has 0 radical (unpaired) electrons. The minimum absolute atomic E-state index is 0.163. The first kappa shape index (κ1) is 20.1. The lowest BCUT2D eigenvalue weighted by molar-refractivity contribution is 0.0241. The topological polar surface area (TPSA) is 41.9 Å². The molecule has 0 aliphatic heterocycles. The minimum atomic E-state index is -0.251. The number of aryl methyl sites for hydroxylation is 1. The van der Waals surface area contributed by atoms with E-state index in [0.717, 1.165) is 41.8 Å². The van der Waals surface area contributed by atoms with Gasteiger partial charge in [-0.2, -0.15) is 0 Å². The Morgan fingerprint density at radius 1 is 1.14 bits per heavy atom. The standard InChI is InChI=1S/C24H30N2O2/c1-6-26(5)15-25-22-14-13-21(17(3)18(22)4)24(27)28-23(20-11-12-20)19-9-7-16(2)8-10-19/h7-10,13-15,20,23H,6,11-12H2,1-5H3/b25-15+. The minimum Gasteiger partial charge on any atom is -0.454 e. The van der Waals surface area contributed by atoms with Crippen LogP contribution in [-0.4, -0.2) is 30.8 Å². The van der Waals surface area contributed by atoms with Gasteiger partial charge in [-0.25, -0.2) is 9.79 Å². The molecule has 1 aliphatic carbocycles. The van der Waals surface area contributed by atoms with Crippen LogP contribution in [0.2, 0.25) is 0 Å². The summed E-state index contributed by atoms with van der Waals surface area (Å²) in [6, 6.07) is 12.0. The van der Waals surface area contributed by atoms with Crippen molar-refractivity contribution in [2.75, 3.05) is 13.6 Å². The summed E-state index contributed by atoms with van der Waals surface area (Å²) in [6.07, 6.45) is 3.88. The molecule has 0 N–H and O–H groups in total. The molecule has 3 rings (SSSR count). The predicted octanol–water partition coefficient (Wildman–Crippen LogP) is 5.53. The number of carbonyl (C=O) groups excluding carboxylic acids is 1. The quantitative estimate of drug-likeness (QED) is 0.361. The molecule has 2 aromatic rings. The van der Waals surface area contributed by atoms with Gasteiger partial charge in [-0.15, -0.1) is 0 Å². The molecule has 0 heterocycles. The van der Waals surface area contributed by atoms with Crippen molar-refractivity contribution in [2.45, 2.75) is 46.6 Å². The highest BCUT2D eigenvalue weighted by Gasteiger charge is 2.35. The Morgan fingerprint density at radius 3 is 2.43 bits per heavy atom. The highest BCUT2D eigenvalue weighted by Crippen LogP contribution is 2.44. The molecule has 1 atom stereocenters. The number of esters is 1. The monoisotopic (exact) mass is 378 g/mol. The lowest BCUT2D eigenvalue weighted by atomic mass is 10.0. The Kier molecular flexibility index (Phi) is 6.18. The number of aliphatic imine (C=N–C) groups is 1. The van der Waals surface area contributed by atoms with Gasteiger partial charge < -0.3 is 9.64 Å². The first-order valence-corrected chi connectivity index (χ1v) is 10.0. The summed E-state index contributed by atoms with van der Waals surface area (Å²) in [7, 11) is 1.99. The third-order valence-corrected chi connectivity index (χ3v) is 5.56. The average molecular weight is 379 g/mol.